The van der Waals surface area contributed by atoms with E-state index in [-0.39, 0.29) is 18.6 Å². The molecule has 1 amide bonds. The number of nitrogens with zero attached hydrogens (tertiary/aromatic N) is 1. The van der Waals surface area contributed by atoms with E-state index in [9.17, 15) is 9.59 Å². The fraction of sp³-hybridized carbons (Fsp3) is 0.750. The Morgan fingerprint density at radius 2 is 2.14 bits per heavy atom. The molecule has 1 aliphatic heterocycles. The highest BCUT2D eigenvalue weighted by atomic mass is 16.6. The van der Waals surface area contributed by atoms with Crippen LogP contribution in [-0.2, 0) is 9.53 Å². The number of hydrogen-bond donors (Lipinski definition) is 1. The number of carbonyl (C=O) groups is 2. The molecule has 1 fully saturated rings. The summed E-state index contributed by atoms with van der Waals surface area (Å²) in [7, 11) is 0. The van der Waals surface area contributed by atoms with Gasteiger partial charge in [-0.1, -0.05) is 32.9 Å². The first-order valence-corrected chi connectivity index (χ1v) is 7.76. The SMILES string of the molecule is CC/C=C\[C@H](C)[C@@H](C)COC(=O)N1CCCC(C(=O)O)C1. The summed E-state index contributed by atoms with van der Waals surface area (Å²) < 4.78 is 5.33. The second-order valence-electron chi connectivity index (χ2n) is 5.87. The fourth-order valence-electron chi connectivity index (χ4n) is 2.33. The molecule has 1 rings (SSSR count). The number of carbonyl (C=O) groups excluding carboxylic acids is 1. The predicted octanol–water partition coefficient (Wildman–Crippen LogP) is 3.16. The van der Waals surface area contributed by atoms with Crippen LogP contribution >= 0.6 is 0 Å². The molecule has 120 valence electrons. The molecule has 1 heterocycles. The van der Waals surface area contributed by atoms with Gasteiger partial charge in [-0.2, -0.15) is 0 Å². The van der Waals surface area contributed by atoms with E-state index in [0.717, 1.165) is 12.8 Å². The molecule has 5 heteroatoms. The van der Waals surface area contributed by atoms with Crippen LogP contribution in [0.4, 0.5) is 4.79 Å². The number of carboxylic acid groups (broad SMARTS) is 1. The average molecular weight is 297 g/mol. The molecule has 3 atom stereocenters. The van der Waals surface area contributed by atoms with Crippen molar-refractivity contribution in [1.82, 2.24) is 4.90 Å². The van der Waals surface area contributed by atoms with Gasteiger partial charge >= 0.3 is 12.1 Å². The molecule has 0 saturated carbocycles. The van der Waals surface area contributed by atoms with Crippen LogP contribution in [0, 0.1) is 17.8 Å². The molecular weight excluding hydrogens is 270 g/mol. The number of piperidine rings is 1. The van der Waals surface area contributed by atoms with E-state index in [1.54, 1.807) is 0 Å². The maximum Gasteiger partial charge on any atom is 0.409 e. The minimum Gasteiger partial charge on any atom is -0.481 e. The lowest BCUT2D eigenvalue weighted by molar-refractivity contribution is -0.143. The van der Waals surface area contributed by atoms with Crippen molar-refractivity contribution in [2.24, 2.45) is 17.8 Å². The molecule has 1 N–H and O–H groups in total. The van der Waals surface area contributed by atoms with E-state index in [0.29, 0.717) is 25.5 Å². The molecule has 0 spiro atoms. The molecule has 0 aromatic carbocycles. The zero-order chi connectivity index (χ0) is 15.8. The van der Waals surface area contributed by atoms with Crippen LogP contribution in [0.25, 0.3) is 0 Å². The van der Waals surface area contributed by atoms with Gasteiger partial charge in [0.05, 0.1) is 12.5 Å². The van der Waals surface area contributed by atoms with Crippen LogP contribution < -0.4 is 0 Å². The zero-order valence-electron chi connectivity index (χ0n) is 13.2. The van der Waals surface area contributed by atoms with Crippen LogP contribution in [0.2, 0.25) is 0 Å². The Hall–Kier alpha value is -1.52. The monoisotopic (exact) mass is 297 g/mol. The molecule has 0 aliphatic carbocycles. The lowest BCUT2D eigenvalue weighted by atomic mass is 9.96. The van der Waals surface area contributed by atoms with E-state index >= 15 is 0 Å². The number of likely N-dealkylation sites (tertiary alicyclic amines) is 1. The largest absolute Gasteiger partial charge is 0.481 e. The van der Waals surface area contributed by atoms with Crippen molar-refractivity contribution in [3.05, 3.63) is 12.2 Å². The number of aliphatic carboxylic acids is 1. The van der Waals surface area contributed by atoms with Crippen LogP contribution in [0.5, 0.6) is 0 Å². The van der Waals surface area contributed by atoms with Crippen LogP contribution in [0.15, 0.2) is 12.2 Å². The Bertz CT molecular complexity index is 380. The lowest BCUT2D eigenvalue weighted by Gasteiger charge is -2.30. The molecule has 0 bridgehead atoms. The predicted molar refractivity (Wildman–Crippen MR) is 81.0 cm³/mol. The Kier molecular flexibility index (Phi) is 7.26. The number of amides is 1. The summed E-state index contributed by atoms with van der Waals surface area (Å²) in [5.41, 5.74) is 0. The summed E-state index contributed by atoms with van der Waals surface area (Å²) in [5.74, 6) is -0.697. The highest BCUT2D eigenvalue weighted by Gasteiger charge is 2.29. The Balaban J connectivity index is 2.39. The second-order valence-corrected chi connectivity index (χ2v) is 5.87. The summed E-state index contributed by atoms with van der Waals surface area (Å²) in [5, 5.41) is 9.02. The van der Waals surface area contributed by atoms with Crippen molar-refractivity contribution < 1.29 is 19.4 Å². The third-order valence-corrected chi connectivity index (χ3v) is 4.07. The van der Waals surface area contributed by atoms with Crippen molar-refractivity contribution in [3.63, 3.8) is 0 Å². The maximum absolute atomic E-state index is 12.0. The van der Waals surface area contributed by atoms with Gasteiger partial charge in [-0.25, -0.2) is 4.79 Å². The minimum absolute atomic E-state index is 0.247. The average Bonchev–Trinajstić information content (AvgIpc) is 2.49. The third-order valence-electron chi connectivity index (χ3n) is 4.07. The van der Waals surface area contributed by atoms with Gasteiger partial charge in [-0.15, -0.1) is 0 Å². The van der Waals surface area contributed by atoms with Crippen molar-refractivity contribution in [2.45, 2.75) is 40.0 Å². The minimum atomic E-state index is -0.834. The summed E-state index contributed by atoms with van der Waals surface area (Å²) in [6.45, 7) is 7.45. The highest BCUT2D eigenvalue weighted by molar-refractivity contribution is 5.73. The van der Waals surface area contributed by atoms with Gasteiger partial charge in [0.2, 0.25) is 0 Å². The first kappa shape index (κ1) is 17.5. The Morgan fingerprint density at radius 1 is 1.43 bits per heavy atom. The van der Waals surface area contributed by atoms with Crippen molar-refractivity contribution >= 4 is 12.1 Å². The molecule has 21 heavy (non-hydrogen) atoms. The molecule has 1 aliphatic rings. The number of carboxylic acids is 1. The van der Waals surface area contributed by atoms with Gasteiger partial charge in [-0.3, -0.25) is 4.79 Å². The second kappa shape index (κ2) is 8.70. The molecule has 1 unspecified atom stereocenters. The molecule has 5 nitrogen and oxygen atoms in total. The van der Waals surface area contributed by atoms with E-state index in [4.69, 9.17) is 9.84 Å². The number of rotatable bonds is 6. The number of ether oxygens (including phenoxy) is 1. The normalized spacial score (nSPS) is 22.0. The summed E-state index contributed by atoms with van der Waals surface area (Å²) in [6.07, 6.45) is 6.22. The summed E-state index contributed by atoms with van der Waals surface area (Å²) in [4.78, 5) is 24.5. The zero-order valence-corrected chi connectivity index (χ0v) is 13.2. The topological polar surface area (TPSA) is 66.8 Å². The van der Waals surface area contributed by atoms with E-state index in [1.165, 1.54) is 4.90 Å². The third kappa shape index (κ3) is 5.78. The van der Waals surface area contributed by atoms with Crippen molar-refractivity contribution in [1.29, 1.82) is 0 Å². The molecular formula is C16H27NO4. The fourth-order valence-corrected chi connectivity index (χ4v) is 2.33. The quantitative estimate of drug-likeness (QED) is 0.765. The smallest absolute Gasteiger partial charge is 0.409 e. The Morgan fingerprint density at radius 3 is 2.76 bits per heavy atom. The van der Waals surface area contributed by atoms with Gasteiger partial charge in [-0.05, 0) is 31.1 Å². The van der Waals surface area contributed by atoms with Gasteiger partial charge < -0.3 is 14.7 Å². The molecule has 0 aromatic rings. The van der Waals surface area contributed by atoms with Crippen LogP contribution in [0.3, 0.4) is 0 Å². The van der Waals surface area contributed by atoms with E-state index < -0.39 is 11.9 Å². The number of allylic oxidation sites excluding steroid dienone is 2. The number of hydrogen-bond acceptors (Lipinski definition) is 3. The van der Waals surface area contributed by atoms with Gasteiger partial charge in [0.25, 0.3) is 0 Å². The molecule has 0 radical (unpaired) electrons. The molecule has 1 saturated heterocycles. The van der Waals surface area contributed by atoms with Gasteiger partial charge in [0.15, 0.2) is 0 Å². The first-order chi connectivity index (χ1) is 9.95. The van der Waals surface area contributed by atoms with Crippen molar-refractivity contribution in [3.8, 4) is 0 Å². The van der Waals surface area contributed by atoms with E-state index in [1.807, 2.05) is 6.92 Å². The summed E-state index contributed by atoms with van der Waals surface area (Å²) >= 11 is 0. The van der Waals surface area contributed by atoms with Gasteiger partial charge in [0, 0.05) is 13.1 Å². The van der Waals surface area contributed by atoms with Crippen molar-refractivity contribution in [2.75, 3.05) is 19.7 Å². The van der Waals surface area contributed by atoms with Crippen LogP contribution in [0.1, 0.15) is 40.0 Å². The van der Waals surface area contributed by atoms with Crippen LogP contribution in [-0.4, -0.2) is 41.8 Å². The van der Waals surface area contributed by atoms with E-state index in [2.05, 4.69) is 26.0 Å². The summed E-state index contributed by atoms with van der Waals surface area (Å²) in [6, 6.07) is 0. The standard InChI is InChI=1S/C16H27NO4/c1-4-5-7-12(2)13(3)11-21-16(20)17-9-6-8-14(10-17)15(18)19/h5,7,12-14H,4,6,8-11H2,1-3H3,(H,18,19)/b7-5-/t12-,13-,14?/m0/s1. The lowest BCUT2D eigenvalue weighted by Crippen LogP contribution is -2.43. The van der Waals surface area contributed by atoms with Gasteiger partial charge in [0.1, 0.15) is 0 Å². The maximum atomic E-state index is 12.0. The first-order valence-electron chi connectivity index (χ1n) is 7.76. The molecule has 0 aromatic heterocycles. The highest BCUT2D eigenvalue weighted by Crippen LogP contribution is 2.18. The Labute approximate surface area is 127 Å².